The SMILES string of the molecule is COC(=O)C(N)(CF)CCCNC(=N)N. The molecule has 0 aromatic carbocycles. The van der Waals surface area contributed by atoms with Crippen molar-refractivity contribution in [2.24, 2.45) is 11.5 Å². The van der Waals surface area contributed by atoms with Gasteiger partial charge >= 0.3 is 5.97 Å². The standard InChI is InChI=1S/C8H17FN4O2/c1-15-6(14)8(12,5-9)3-2-4-13-7(10)11/h2-5,12H2,1H3,(H4,10,11,13). The number of alkyl halides is 1. The molecule has 0 radical (unpaired) electrons. The number of hydrogen-bond acceptors (Lipinski definition) is 4. The summed E-state index contributed by atoms with van der Waals surface area (Å²) in [5.41, 5.74) is 8.95. The Balaban J connectivity index is 3.99. The summed E-state index contributed by atoms with van der Waals surface area (Å²) in [4.78, 5) is 11.1. The zero-order chi connectivity index (χ0) is 11.9. The number of ether oxygens (including phenoxy) is 1. The van der Waals surface area contributed by atoms with E-state index in [1.807, 2.05) is 0 Å². The Kier molecular flexibility index (Phi) is 5.61. The van der Waals surface area contributed by atoms with Gasteiger partial charge in [0.1, 0.15) is 12.2 Å². The molecule has 1 atom stereocenters. The van der Waals surface area contributed by atoms with Gasteiger partial charge in [-0.05, 0) is 12.8 Å². The van der Waals surface area contributed by atoms with Crippen LogP contribution in [0.5, 0.6) is 0 Å². The van der Waals surface area contributed by atoms with Crippen LogP contribution in [0.4, 0.5) is 4.39 Å². The van der Waals surface area contributed by atoms with Crippen molar-refractivity contribution < 1.29 is 13.9 Å². The van der Waals surface area contributed by atoms with Crippen LogP contribution < -0.4 is 16.8 Å². The van der Waals surface area contributed by atoms with Crippen molar-refractivity contribution in [2.45, 2.75) is 18.4 Å². The number of nitrogens with one attached hydrogen (secondary N) is 2. The van der Waals surface area contributed by atoms with Gasteiger partial charge in [0.25, 0.3) is 0 Å². The van der Waals surface area contributed by atoms with Gasteiger partial charge in [-0.3, -0.25) is 5.41 Å². The highest BCUT2D eigenvalue weighted by molar-refractivity contribution is 5.80. The third kappa shape index (κ3) is 4.59. The molecule has 88 valence electrons. The monoisotopic (exact) mass is 220 g/mol. The van der Waals surface area contributed by atoms with Gasteiger partial charge in [0.15, 0.2) is 5.96 Å². The van der Waals surface area contributed by atoms with Gasteiger partial charge in [0.05, 0.1) is 7.11 Å². The van der Waals surface area contributed by atoms with E-state index in [1.165, 1.54) is 0 Å². The molecule has 7 heteroatoms. The summed E-state index contributed by atoms with van der Waals surface area (Å²) in [7, 11) is 1.16. The molecule has 15 heavy (non-hydrogen) atoms. The lowest BCUT2D eigenvalue weighted by Crippen LogP contribution is -2.51. The van der Waals surface area contributed by atoms with Gasteiger partial charge in [-0.25, -0.2) is 9.18 Å². The highest BCUT2D eigenvalue weighted by Crippen LogP contribution is 2.12. The minimum Gasteiger partial charge on any atom is -0.468 e. The van der Waals surface area contributed by atoms with Crippen LogP contribution in [0.1, 0.15) is 12.8 Å². The van der Waals surface area contributed by atoms with Crippen molar-refractivity contribution in [1.29, 1.82) is 5.41 Å². The number of esters is 1. The molecule has 0 aliphatic heterocycles. The molecular formula is C8H17FN4O2. The Hall–Kier alpha value is -1.37. The molecule has 0 fully saturated rings. The van der Waals surface area contributed by atoms with Crippen molar-refractivity contribution in [3.8, 4) is 0 Å². The fourth-order valence-corrected chi connectivity index (χ4v) is 1.05. The highest BCUT2D eigenvalue weighted by Gasteiger charge is 2.34. The zero-order valence-electron chi connectivity index (χ0n) is 8.68. The fourth-order valence-electron chi connectivity index (χ4n) is 1.05. The Morgan fingerprint density at radius 2 is 2.27 bits per heavy atom. The van der Waals surface area contributed by atoms with Crippen LogP contribution >= 0.6 is 0 Å². The van der Waals surface area contributed by atoms with Crippen molar-refractivity contribution in [2.75, 3.05) is 20.3 Å². The first-order valence-electron chi connectivity index (χ1n) is 4.47. The van der Waals surface area contributed by atoms with Crippen LogP contribution in [0.3, 0.4) is 0 Å². The second-order valence-corrected chi connectivity index (χ2v) is 3.23. The highest BCUT2D eigenvalue weighted by atomic mass is 19.1. The van der Waals surface area contributed by atoms with Crippen LogP contribution in [0.25, 0.3) is 0 Å². The van der Waals surface area contributed by atoms with Gasteiger partial charge in [0.2, 0.25) is 0 Å². The molecule has 0 aliphatic carbocycles. The van der Waals surface area contributed by atoms with Gasteiger partial charge in [-0.2, -0.15) is 0 Å². The molecule has 1 unspecified atom stereocenters. The first-order chi connectivity index (χ1) is 6.96. The van der Waals surface area contributed by atoms with Crippen molar-refractivity contribution in [1.82, 2.24) is 5.32 Å². The van der Waals surface area contributed by atoms with E-state index in [0.717, 1.165) is 7.11 Å². The van der Waals surface area contributed by atoms with E-state index in [0.29, 0.717) is 13.0 Å². The number of methoxy groups -OCH3 is 1. The lowest BCUT2D eigenvalue weighted by Gasteiger charge is -2.22. The van der Waals surface area contributed by atoms with E-state index in [2.05, 4.69) is 10.1 Å². The van der Waals surface area contributed by atoms with Gasteiger partial charge < -0.3 is 21.5 Å². The predicted molar refractivity (Wildman–Crippen MR) is 54.1 cm³/mol. The molecule has 0 aliphatic rings. The number of carbonyl (C=O) groups excluding carboxylic acids is 1. The first kappa shape index (κ1) is 13.6. The smallest absolute Gasteiger partial charge is 0.328 e. The molecule has 0 amide bonds. The Morgan fingerprint density at radius 3 is 2.67 bits per heavy atom. The van der Waals surface area contributed by atoms with E-state index in [-0.39, 0.29) is 12.4 Å². The largest absolute Gasteiger partial charge is 0.468 e. The molecule has 6 N–H and O–H groups in total. The number of hydrogen-bond donors (Lipinski definition) is 4. The summed E-state index contributed by atoms with van der Waals surface area (Å²) >= 11 is 0. The van der Waals surface area contributed by atoms with Crippen molar-refractivity contribution >= 4 is 11.9 Å². The first-order valence-corrected chi connectivity index (χ1v) is 4.47. The number of guanidine groups is 1. The van der Waals surface area contributed by atoms with E-state index in [1.54, 1.807) is 0 Å². The summed E-state index contributed by atoms with van der Waals surface area (Å²) in [5.74, 6) is -0.941. The summed E-state index contributed by atoms with van der Waals surface area (Å²) in [6.45, 7) is -0.606. The van der Waals surface area contributed by atoms with E-state index >= 15 is 0 Å². The molecule has 0 aromatic heterocycles. The number of rotatable bonds is 6. The topological polar surface area (TPSA) is 114 Å². The van der Waals surface area contributed by atoms with Crippen LogP contribution in [-0.4, -0.2) is 37.8 Å². The normalized spacial score (nSPS) is 14.1. The minimum atomic E-state index is -1.59. The molecule has 0 saturated heterocycles. The molecular weight excluding hydrogens is 203 g/mol. The van der Waals surface area contributed by atoms with E-state index in [9.17, 15) is 9.18 Å². The summed E-state index contributed by atoms with van der Waals surface area (Å²) in [6.07, 6.45) is 0.561. The van der Waals surface area contributed by atoms with E-state index in [4.69, 9.17) is 16.9 Å². The van der Waals surface area contributed by atoms with Crippen molar-refractivity contribution in [3.05, 3.63) is 0 Å². The van der Waals surface area contributed by atoms with Crippen LogP contribution in [-0.2, 0) is 9.53 Å². The Labute approximate surface area is 87.6 Å². The lowest BCUT2D eigenvalue weighted by atomic mass is 9.96. The Bertz CT molecular complexity index is 237. The Morgan fingerprint density at radius 1 is 1.67 bits per heavy atom. The third-order valence-corrected chi connectivity index (χ3v) is 1.95. The summed E-state index contributed by atoms with van der Waals surface area (Å²) in [6, 6.07) is 0. The van der Waals surface area contributed by atoms with Crippen molar-refractivity contribution in [3.63, 3.8) is 0 Å². The molecule has 0 heterocycles. The second kappa shape index (κ2) is 6.18. The second-order valence-electron chi connectivity index (χ2n) is 3.23. The molecule has 0 rings (SSSR count). The quantitative estimate of drug-likeness (QED) is 0.200. The van der Waals surface area contributed by atoms with E-state index < -0.39 is 18.2 Å². The van der Waals surface area contributed by atoms with Gasteiger partial charge in [-0.1, -0.05) is 0 Å². The van der Waals surface area contributed by atoms with Gasteiger partial charge in [-0.15, -0.1) is 0 Å². The fraction of sp³-hybridized carbons (Fsp3) is 0.750. The molecule has 0 aromatic rings. The number of nitrogens with two attached hydrogens (primary N) is 2. The summed E-state index contributed by atoms with van der Waals surface area (Å²) in [5, 5.41) is 9.39. The molecule has 0 saturated carbocycles. The average Bonchev–Trinajstić information content (AvgIpc) is 2.22. The minimum absolute atomic E-state index is 0.135. The third-order valence-electron chi connectivity index (χ3n) is 1.95. The van der Waals surface area contributed by atoms with Crippen LogP contribution in [0.15, 0.2) is 0 Å². The summed E-state index contributed by atoms with van der Waals surface area (Å²) < 4.78 is 16.9. The lowest BCUT2D eigenvalue weighted by molar-refractivity contribution is -0.148. The predicted octanol–water partition coefficient (Wildman–Crippen LogP) is -0.910. The molecule has 6 nitrogen and oxygen atoms in total. The number of halogens is 1. The average molecular weight is 220 g/mol. The van der Waals surface area contributed by atoms with Gasteiger partial charge in [0, 0.05) is 6.54 Å². The van der Waals surface area contributed by atoms with Crippen LogP contribution in [0, 0.1) is 5.41 Å². The maximum absolute atomic E-state index is 12.6. The zero-order valence-corrected chi connectivity index (χ0v) is 8.68. The molecule has 0 bridgehead atoms. The maximum atomic E-state index is 12.6. The maximum Gasteiger partial charge on any atom is 0.328 e. The number of carbonyl (C=O) groups is 1. The molecule has 0 spiro atoms. The van der Waals surface area contributed by atoms with Crippen LogP contribution in [0.2, 0.25) is 0 Å².